The van der Waals surface area contributed by atoms with Crippen LogP contribution < -0.4 is 9.46 Å². The van der Waals surface area contributed by atoms with Gasteiger partial charge in [-0.05, 0) is 36.4 Å². The molecular weight excluding hydrogens is 296 g/mol. The molecule has 1 heterocycles. The molecule has 110 valence electrons. The van der Waals surface area contributed by atoms with Crippen molar-refractivity contribution in [3.63, 3.8) is 0 Å². The highest BCUT2D eigenvalue weighted by molar-refractivity contribution is 7.92. The SMILES string of the molecule is O=C(O)COc1ccc(S(=O)(=O)Nc2ccncc2)cc1. The molecule has 0 radical (unpaired) electrons. The van der Waals surface area contributed by atoms with Crippen LogP contribution >= 0.6 is 0 Å². The van der Waals surface area contributed by atoms with Crippen molar-refractivity contribution >= 4 is 21.7 Å². The van der Waals surface area contributed by atoms with Crippen LogP contribution in [0.5, 0.6) is 5.75 Å². The van der Waals surface area contributed by atoms with Gasteiger partial charge in [0.05, 0.1) is 10.6 Å². The molecule has 7 nitrogen and oxygen atoms in total. The first-order valence-corrected chi connectivity index (χ1v) is 7.33. The molecule has 0 fully saturated rings. The van der Waals surface area contributed by atoms with Crippen LogP contribution in [0.1, 0.15) is 0 Å². The van der Waals surface area contributed by atoms with Crippen LogP contribution in [0, 0.1) is 0 Å². The number of benzene rings is 1. The predicted molar refractivity (Wildman–Crippen MR) is 74.6 cm³/mol. The summed E-state index contributed by atoms with van der Waals surface area (Å²) in [4.78, 5) is 14.2. The Balaban J connectivity index is 2.12. The third-order valence-electron chi connectivity index (χ3n) is 2.43. The molecule has 2 aromatic rings. The van der Waals surface area contributed by atoms with E-state index in [0.29, 0.717) is 5.69 Å². The molecule has 0 saturated carbocycles. The van der Waals surface area contributed by atoms with Gasteiger partial charge in [-0.25, -0.2) is 13.2 Å². The Morgan fingerprint density at radius 2 is 1.76 bits per heavy atom. The molecule has 0 bridgehead atoms. The van der Waals surface area contributed by atoms with Crippen LogP contribution in [0.15, 0.2) is 53.7 Å². The normalized spacial score (nSPS) is 10.9. The number of nitrogens with one attached hydrogen (secondary N) is 1. The molecule has 21 heavy (non-hydrogen) atoms. The van der Waals surface area contributed by atoms with Crippen LogP contribution in [-0.2, 0) is 14.8 Å². The summed E-state index contributed by atoms with van der Waals surface area (Å²) < 4.78 is 31.6. The number of carboxylic acids is 1. The van der Waals surface area contributed by atoms with Gasteiger partial charge in [-0.15, -0.1) is 0 Å². The van der Waals surface area contributed by atoms with E-state index in [1.54, 1.807) is 0 Å². The van der Waals surface area contributed by atoms with E-state index in [4.69, 9.17) is 9.84 Å². The third-order valence-corrected chi connectivity index (χ3v) is 3.83. The Labute approximate surface area is 121 Å². The van der Waals surface area contributed by atoms with Gasteiger partial charge in [0.1, 0.15) is 5.75 Å². The molecule has 1 aromatic carbocycles. The van der Waals surface area contributed by atoms with Crippen molar-refractivity contribution in [3.05, 3.63) is 48.8 Å². The van der Waals surface area contributed by atoms with E-state index in [1.807, 2.05) is 0 Å². The summed E-state index contributed by atoms with van der Waals surface area (Å²) in [6.07, 6.45) is 2.95. The summed E-state index contributed by atoms with van der Waals surface area (Å²) in [5.74, 6) is -0.827. The van der Waals surface area contributed by atoms with E-state index in [0.717, 1.165) is 0 Å². The first kappa shape index (κ1) is 14.8. The zero-order valence-corrected chi connectivity index (χ0v) is 11.6. The number of carbonyl (C=O) groups is 1. The maximum Gasteiger partial charge on any atom is 0.341 e. The Bertz CT molecular complexity index is 714. The molecular formula is C13H12N2O5S. The lowest BCUT2D eigenvalue weighted by molar-refractivity contribution is -0.139. The first-order valence-electron chi connectivity index (χ1n) is 5.85. The third kappa shape index (κ3) is 4.18. The number of anilines is 1. The summed E-state index contributed by atoms with van der Waals surface area (Å²) in [5, 5.41) is 8.49. The maximum absolute atomic E-state index is 12.1. The fourth-order valence-electron chi connectivity index (χ4n) is 1.49. The lowest BCUT2D eigenvalue weighted by Gasteiger charge is -2.08. The second kappa shape index (κ2) is 6.23. The number of ether oxygens (including phenoxy) is 1. The Morgan fingerprint density at radius 3 is 2.33 bits per heavy atom. The van der Waals surface area contributed by atoms with E-state index in [2.05, 4.69) is 9.71 Å². The number of aliphatic carboxylic acids is 1. The Morgan fingerprint density at radius 1 is 1.14 bits per heavy atom. The summed E-state index contributed by atoms with van der Waals surface area (Å²) >= 11 is 0. The minimum absolute atomic E-state index is 0.0435. The molecule has 0 aliphatic heterocycles. The molecule has 0 saturated heterocycles. The van der Waals surface area contributed by atoms with E-state index in [1.165, 1.54) is 48.8 Å². The van der Waals surface area contributed by atoms with Crippen molar-refractivity contribution in [3.8, 4) is 5.75 Å². The van der Waals surface area contributed by atoms with E-state index in [-0.39, 0.29) is 10.6 Å². The molecule has 0 aliphatic carbocycles. The highest BCUT2D eigenvalue weighted by Crippen LogP contribution is 2.18. The van der Waals surface area contributed by atoms with Gasteiger partial charge in [0.25, 0.3) is 10.0 Å². The molecule has 1 aromatic heterocycles. The second-order valence-electron chi connectivity index (χ2n) is 4.00. The minimum atomic E-state index is -3.71. The van der Waals surface area contributed by atoms with Gasteiger partial charge < -0.3 is 9.84 Å². The summed E-state index contributed by atoms with van der Waals surface area (Å²) in [6, 6.07) is 8.51. The Hall–Kier alpha value is -2.61. The quantitative estimate of drug-likeness (QED) is 0.834. The van der Waals surface area contributed by atoms with Crippen LogP contribution in [0.3, 0.4) is 0 Å². The first-order chi connectivity index (χ1) is 9.97. The van der Waals surface area contributed by atoms with Gasteiger partial charge in [-0.1, -0.05) is 0 Å². The number of hydrogen-bond donors (Lipinski definition) is 2. The topological polar surface area (TPSA) is 106 Å². The molecule has 0 atom stereocenters. The summed E-state index contributed by atoms with van der Waals surface area (Å²) in [5.41, 5.74) is 0.399. The van der Waals surface area contributed by atoms with Crippen molar-refractivity contribution in [2.45, 2.75) is 4.90 Å². The standard InChI is InChI=1S/C13H12N2O5S/c16-13(17)9-20-11-1-3-12(4-2-11)21(18,19)15-10-5-7-14-8-6-10/h1-8H,9H2,(H,14,15)(H,16,17). The zero-order chi connectivity index (χ0) is 15.3. The maximum atomic E-state index is 12.1. The highest BCUT2D eigenvalue weighted by atomic mass is 32.2. The lowest BCUT2D eigenvalue weighted by atomic mass is 10.3. The monoisotopic (exact) mass is 308 g/mol. The van der Waals surface area contributed by atoms with Crippen molar-refractivity contribution in [2.24, 2.45) is 0 Å². The molecule has 0 amide bonds. The second-order valence-corrected chi connectivity index (χ2v) is 5.68. The summed E-state index contributed by atoms with van der Waals surface area (Å²) in [7, 11) is -3.71. The van der Waals surface area contributed by atoms with Gasteiger partial charge in [0.2, 0.25) is 0 Å². The van der Waals surface area contributed by atoms with E-state index < -0.39 is 22.6 Å². The number of hydrogen-bond acceptors (Lipinski definition) is 5. The number of pyridine rings is 1. The minimum Gasteiger partial charge on any atom is -0.482 e. The van der Waals surface area contributed by atoms with Gasteiger partial charge >= 0.3 is 5.97 Å². The summed E-state index contributed by atoms with van der Waals surface area (Å²) in [6.45, 7) is -0.485. The predicted octanol–water partition coefficient (Wildman–Crippen LogP) is 1.35. The van der Waals surface area contributed by atoms with Gasteiger partial charge in [0.15, 0.2) is 6.61 Å². The molecule has 2 N–H and O–H groups in total. The average Bonchev–Trinajstić information content (AvgIpc) is 2.46. The van der Waals surface area contributed by atoms with Crippen molar-refractivity contribution in [1.29, 1.82) is 0 Å². The number of carboxylic acid groups (broad SMARTS) is 1. The van der Waals surface area contributed by atoms with Crippen LogP contribution in [0.2, 0.25) is 0 Å². The number of rotatable bonds is 6. The Kier molecular flexibility index (Phi) is 4.39. The lowest BCUT2D eigenvalue weighted by Crippen LogP contribution is -2.13. The van der Waals surface area contributed by atoms with Gasteiger partial charge in [-0.3, -0.25) is 9.71 Å². The number of nitrogens with zero attached hydrogens (tertiary/aromatic N) is 1. The largest absolute Gasteiger partial charge is 0.482 e. The van der Waals surface area contributed by atoms with Crippen molar-refractivity contribution in [2.75, 3.05) is 11.3 Å². The van der Waals surface area contributed by atoms with Gasteiger partial charge in [0, 0.05) is 12.4 Å². The molecule has 0 aliphatic rings. The highest BCUT2D eigenvalue weighted by Gasteiger charge is 2.14. The van der Waals surface area contributed by atoms with Crippen molar-refractivity contribution in [1.82, 2.24) is 4.98 Å². The van der Waals surface area contributed by atoms with Crippen LogP contribution in [-0.4, -0.2) is 31.1 Å². The molecule has 8 heteroatoms. The zero-order valence-electron chi connectivity index (χ0n) is 10.8. The number of aromatic nitrogens is 1. The average molecular weight is 308 g/mol. The van der Waals surface area contributed by atoms with Crippen LogP contribution in [0.4, 0.5) is 5.69 Å². The molecule has 2 rings (SSSR count). The van der Waals surface area contributed by atoms with Crippen molar-refractivity contribution < 1.29 is 23.1 Å². The van der Waals surface area contributed by atoms with E-state index in [9.17, 15) is 13.2 Å². The van der Waals surface area contributed by atoms with E-state index >= 15 is 0 Å². The number of sulfonamides is 1. The van der Waals surface area contributed by atoms with Crippen LogP contribution in [0.25, 0.3) is 0 Å². The smallest absolute Gasteiger partial charge is 0.341 e. The fourth-order valence-corrected chi connectivity index (χ4v) is 2.55. The molecule has 0 unspecified atom stereocenters. The van der Waals surface area contributed by atoms with Gasteiger partial charge in [-0.2, -0.15) is 0 Å². The fraction of sp³-hybridized carbons (Fsp3) is 0.0769. The molecule has 0 spiro atoms.